The number of allylic oxidation sites excluding steroid dienone is 2. The van der Waals surface area contributed by atoms with E-state index in [1.165, 1.54) is 5.56 Å². The molecule has 3 rings (SSSR count). The van der Waals surface area contributed by atoms with Crippen molar-refractivity contribution in [3.63, 3.8) is 0 Å². The van der Waals surface area contributed by atoms with Crippen LogP contribution in [0.1, 0.15) is 19.4 Å². The molecule has 2 aromatic rings. The summed E-state index contributed by atoms with van der Waals surface area (Å²) < 4.78 is 5.80. The Bertz CT molecular complexity index is 841. The molecule has 0 amide bonds. The molecule has 1 atom stereocenters. The molecule has 0 bridgehead atoms. The van der Waals surface area contributed by atoms with Crippen LogP contribution in [0, 0.1) is 0 Å². The van der Waals surface area contributed by atoms with Gasteiger partial charge in [0.1, 0.15) is 11.5 Å². The van der Waals surface area contributed by atoms with Gasteiger partial charge in [0.15, 0.2) is 12.2 Å². The number of rotatable bonds is 6. The highest BCUT2D eigenvalue weighted by molar-refractivity contribution is 5.94. The second-order valence-electron chi connectivity index (χ2n) is 6.37. The van der Waals surface area contributed by atoms with Gasteiger partial charge < -0.3 is 21.1 Å². The van der Waals surface area contributed by atoms with E-state index in [4.69, 9.17) is 10.5 Å². The van der Waals surface area contributed by atoms with Gasteiger partial charge in [-0.25, -0.2) is 4.99 Å². The van der Waals surface area contributed by atoms with Crippen LogP contribution in [-0.2, 0) is 6.42 Å². The molecule has 4 N–H and O–H groups in total. The molecule has 140 valence electrons. The summed E-state index contributed by atoms with van der Waals surface area (Å²) in [4.78, 5) is 8.80. The van der Waals surface area contributed by atoms with E-state index >= 15 is 0 Å². The molecule has 0 radical (unpaired) electrons. The van der Waals surface area contributed by atoms with Crippen LogP contribution < -0.4 is 21.1 Å². The van der Waals surface area contributed by atoms with Crippen LogP contribution in [0.5, 0.6) is 11.5 Å². The molecule has 2 aromatic carbocycles. The number of guanidine groups is 1. The van der Waals surface area contributed by atoms with Gasteiger partial charge in [-0.2, -0.15) is 0 Å². The van der Waals surface area contributed by atoms with E-state index in [-0.39, 0.29) is 6.29 Å². The number of benzene rings is 2. The molecule has 1 unspecified atom stereocenters. The topological polar surface area (TPSA) is 84.0 Å². The zero-order valence-corrected chi connectivity index (χ0v) is 15.6. The molecular formula is C21H25N5O. The lowest BCUT2D eigenvalue weighted by Gasteiger charge is -2.22. The third-order valence-corrected chi connectivity index (χ3v) is 3.99. The van der Waals surface area contributed by atoms with Crippen LogP contribution >= 0.6 is 0 Å². The summed E-state index contributed by atoms with van der Waals surface area (Å²) in [6.45, 7) is 4.55. The molecule has 1 heterocycles. The average Bonchev–Trinajstić information content (AvgIpc) is 2.63. The van der Waals surface area contributed by atoms with Crippen molar-refractivity contribution in [1.82, 2.24) is 10.6 Å². The van der Waals surface area contributed by atoms with E-state index < -0.39 is 0 Å². The molecule has 0 spiro atoms. The molecule has 1 aliphatic rings. The quantitative estimate of drug-likeness (QED) is 0.544. The normalized spacial score (nSPS) is 16.8. The van der Waals surface area contributed by atoms with Crippen molar-refractivity contribution in [2.45, 2.75) is 26.6 Å². The third-order valence-electron chi connectivity index (χ3n) is 3.99. The third kappa shape index (κ3) is 5.88. The molecule has 0 saturated heterocycles. The van der Waals surface area contributed by atoms with Gasteiger partial charge in [0.05, 0.1) is 0 Å². The lowest BCUT2D eigenvalue weighted by atomic mass is 10.1. The average molecular weight is 363 g/mol. The monoisotopic (exact) mass is 363 g/mol. The van der Waals surface area contributed by atoms with Crippen LogP contribution in [0.25, 0.3) is 0 Å². The highest BCUT2D eigenvalue weighted by Gasteiger charge is 2.11. The van der Waals surface area contributed by atoms with Gasteiger partial charge in [-0.05, 0) is 56.2 Å². The number of hydrogen-bond donors (Lipinski definition) is 3. The first-order valence-corrected chi connectivity index (χ1v) is 8.96. The molecular weight excluding hydrogens is 338 g/mol. The molecule has 0 aromatic heterocycles. The Hall–Kier alpha value is -3.28. The Kier molecular flexibility index (Phi) is 6.10. The smallest absolute Gasteiger partial charge is 0.196 e. The lowest BCUT2D eigenvalue weighted by Crippen LogP contribution is -2.48. The maximum absolute atomic E-state index is 5.96. The summed E-state index contributed by atoms with van der Waals surface area (Å²) in [5.41, 5.74) is 9.14. The maximum atomic E-state index is 5.96. The largest absolute Gasteiger partial charge is 0.457 e. The van der Waals surface area contributed by atoms with E-state index in [2.05, 4.69) is 20.6 Å². The summed E-state index contributed by atoms with van der Waals surface area (Å²) in [7, 11) is 0. The van der Waals surface area contributed by atoms with Crippen molar-refractivity contribution in [3.05, 3.63) is 71.9 Å². The minimum atomic E-state index is -0.270. The van der Waals surface area contributed by atoms with E-state index in [0.717, 1.165) is 29.3 Å². The van der Waals surface area contributed by atoms with Gasteiger partial charge in [-0.1, -0.05) is 30.3 Å². The Morgan fingerprint density at radius 3 is 2.52 bits per heavy atom. The summed E-state index contributed by atoms with van der Waals surface area (Å²) >= 11 is 0. The predicted octanol–water partition coefficient (Wildman–Crippen LogP) is 3.18. The highest BCUT2D eigenvalue weighted by atomic mass is 16.5. The van der Waals surface area contributed by atoms with Crippen LogP contribution in [0.3, 0.4) is 0 Å². The fourth-order valence-corrected chi connectivity index (χ4v) is 2.75. The van der Waals surface area contributed by atoms with E-state index in [0.29, 0.717) is 12.5 Å². The number of para-hydroxylation sites is 1. The summed E-state index contributed by atoms with van der Waals surface area (Å²) in [6, 6.07) is 17.8. The molecule has 0 fully saturated rings. The standard InChI is InChI=1S/C21H25N5O/c1-15-14-16(2)25-21(24-15)26-20(22)23-13-12-17-8-10-19(11-9-17)27-18-6-4-3-5-7-18/h3-11,14,21,24H,12-13H2,1-2H3,(H3,22,23,26). The van der Waals surface area contributed by atoms with Crippen LogP contribution in [0.2, 0.25) is 0 Å². The first-order chi connectivity index (χ1) is 13.1. The van der Waals surface area contributed by atoms with Crippen LogP contribution in [-0.4, -0.2) is 24.5 Å². The number of ether oxygens (including phenoxy) is 1. The Balaban J connectivity index is 1.47. The molecule has 1 aliphatic heterocycles. The van der Waals surface area contributed by atoms with Gasteiger partial charge in [0.2, 0.25) is 0 Å². The van der Waals surface area contributed by atoms with Crippen molar-refractivity contribution in [2.24, 2.45) is 15.7 Å². The second-order valence-corrected chi connectivity index (χ2v) is 6.37. The number of nitrogens with one attached hydrogen (secondary N) is 2. The number of nitrogens with two attached hydrogens (primary N) is 1. The number of nitrogens with zero attached hydrogens (tertiary/aromatic N) is 2. The minimum Gasteiger partial charge on any atom is -0.457 e. The maximum Gasteiger partial charge on any atom is 0.196 e. The first-order valence-electron chi connectivity index (χ1n) is 8.96. The Morgan fingerprint density at radius 2 is 1.81 bits per heavy atom. The van der Waals surface area contributed by atoms with Gasteiger partial charge in [-0.3, -0.25) is 4.99 Å². The highest BCUT2D eigenvalue weighted by Crippen LogP contribution is 2.21. The zero-order valence-electron chi connectivity index (χ0n) is 15.6. The number of hydrogen-bond acceptors (Lipinski definition) is 4. The van der Waals surface area contributed by atoms with Crippen LogP contribution in [0.15, 0.2) is 76.4 Å². The molecule has 0 saturated carbocycles. The lowest BCUT2D eigenvalue weighted by molar-refractivity contribution is 0.482. The van der Waals surface area contributed by atoms with Crippen molar-refractivity contribution < 1.29 is 4.74 Å². The van der Waals surface area contributed by atoms with Crippen molar-refractivity contribution >= 4 is 11.7 Å². The molecule has 6 heteroatoms. The minimum absolute atomic E-state index is 0.270. The Morgan fingerprint density at radius 1 is 1.11 bits per heavy atom. The van der Waals surface area contributed by atoms with E-state index in [1.807, 2.05) is 74.5 Å². The van der Waals surface area contributed by atoms with E-state index in [9.17, 15) is 0 Å². The second kappa shape index (κ2) is 8.89. The zero-order chi connectivity index (χ0) is 19.1. The van der Waals surface area contributed by atoms with Crippen molar-refractivity contribution in [3.8, 4) is 11.5 Å². The summed E-state index contributed by atoms with van der Waals surface area (Å²) in [6.07, 6.45) is 2.51. The van der Waals surface area contributed by atoms with Crippen molar-refractivity contribution in [1.29, 1.82) is 0 Å². The van der Waals surface area contributed by atoms with Gasteiger partial charge in [0, 0.05) is 18.0 Å². The number of aliphatic imine (C=N–C) groups is 2. The fraction of sp³-hybridized carbons (Fsp3) is 0.238. The van der Waals surface area contributed by atoms with Crippen LogP contribution in [0.4, 0.5) is 0 Å². The Labute approximate surface area is 159 Å². The first kappa shape index (κ1) is 18.5. The van der Waals surface area contributed by atoms with Gasteiger partial charge >= 0.3 is 0 Å². The van der Waals surface area contributed by atoms with E-state index in [1.54, 1.807) is 0 Å². The summed E-state index contributed by atoms with van der Waals surface area (Å²) in [5.74, 6) is 2.02. The molecule has 0 aliphatic carbocycles. The van der Waals surface area contributed by atoms with Gasteiger partial charge in [0.25, 0.3) is 0 Å². The molecule has 27 heavy (non-hydrogen) atoms. The SMILES string of the molecule is CC1=CC(C)=NC(NC(N)=NCCc2ccc(Oc3ccccc3)cc2)N1. The molecule has 6 nitrogen and oxygen atoms in total. The van der Waals surface area contributed by atoms with Gasteiger partial charge in [-0.15, -0.1) is 0 Å². The van der Waals surface area contributed by atoms with Crippen molar-refractivity contribution in [2.75, 3.05) is 6.54 Å². The fourth-order valence-electron chi connectivity index (χ4n) is 2.75. The summed E-state index contributed by atoms with van der Waals surface area (Å²) in [5, 5.41) is 6.27. The predicted molar refractivity (Wildman–Crippen MR) is 110 cm³/mol.